The van der Waals surface area contributed by atoms with E-state index in [1.54, 1.807) is 6.07 Å². The standard InChI is InChI=1S/C21H28N2O4/c1-21(2,3)27-16-7-4-14(5-8-16)12-17(22)20(26)23-11-10-15-6-9-18(24)19(25)13-15/h4-9,13,17,24-25H,10-12,22H2,1-3H3,(H,23,26)/t17-/m0/s1. The summed E-state index contributed by atoms with van der Waals surface area (Å²) in [6.07, 6.45) is 0.965. The van der Waals surface area contributed by atoms with Gasteiger partial charge in [0.05, 0.1) is 6.04 Å². The highest BCUT2D eigenvalue weighted by atomic mass is 16.5. The van der Waals surface area contributed by atoms with Gasteiger partial charge in [0.25, 0.3) is 0 Å². The van der Waals surface area contributed by atoms with Crippen molar-refractivity contribution < 1.29 is 19.7 Å². The van der Waals surface area contributed by atoms with Crippen LogP contribution in [0.2, 0.25) is 0 Å². The summed E-state index contributed by atoms with van der Waals surface area (Å²) in [4.78, 5) is 12.2. The third kappa shape index (κ3) is 6.83. The van der Waals surface area contributed by atoms with Gasteiger partial charge in [-0.1, -0.05) is 18.2 Å². The quantitative estimate of drug-likeness (QED) is 0.559. The van der Waals surface area contributed by atoms with Gasteiger partial charge < -0.3 is 26.0 Å². The summed E-state index contributed by atoms with van der Waals surface area (Å²) >= 11 is 0. The van der Waals surface area contributed by atoms with Gasteiger partial charge in [0.15, 0.2) is 11.5 Å². The summed E-state index contributed by atoms with van der Waals surface area (Å²) in [5.74, 6) is 0.215. The third-order valence-corrected chi connectivity index (χ3v) is 3.89. The zero-order valence-electron chi connectivity index (χ0n) is 16.0. The largest absolute Gasteiger partial charge is 0.504 e. The molecule has 27 heavy (non-hydrogen) atoms. The second-order valence-electron chi connectivity index (χ2n) is 7.53. The molecule has 0 bridgehead atoms. The van der Waals surface area contributed by atoms with Crippen molar-refractivity contribution in [2.24, 2.45) is 5.73 Å². The maximum Gasteiger partial charge on any atom is 0.237 e. The molecule has 2 aromatic carbocycles. The number of carbonyl (C=O) groups is 1. The summed E-state index contributed by atoms with van der Waals surface area (Å²) in [7, 11) is 0. The summed E-state index contributed by atoms with van der Waals surface area (Å²) in [5.41, 5.74) is 7.51. The molecule has 0 unspecified atom stereocenters. The van der Waals surface area contributed by atoms with Crippen LogP contribution >= 0.6 is 0 Å². The Morgan fingerprint density at radius 2 is 1.70 bits per heavy atom. The molecule has 1 atom stereocenters. The van der Waals surface area contributed by atoms with E-state index < -0.39 is 6.04 Å². The summed E-state index contributed by atoms with van der Waals surface area (Å²) in [5, 5.41) is 21.6. The molecule has 0 spiro atoms. The van der Waals surface area contributed by atoms with Gasteiger partial charge in [-0.3, -0.25) is 4.79 Å². The number of benzene rings is 2. The number of hydrogen-bond acceptors (Lipinski definition) is 5. The van der Waals surface area contributed by atoms with Crippen molar-refractivity contribution in [1.82, 2.24) is 5.32 Å². The topological polar surface area (TPSA) is 105 Å². The van der Waals surface area contributed by atoms with E-state index in [4.69, 9.17) is 10.5 Å². The number of phenols is 2. The number of phenolic OH excluding ortho intramolecular Hbond substituents is 2. The van der Waals surface area contributed by atoms with Gasteiger partial charge in [-0.15, -0.1) is 0 Å². The molecule has 6 heteroatoms. The number of nitrogens with two attached hydrogens (primary N) is 1. The van der Waals surface area contributed by atoms with E-state index in [2.05, 4.69) is 5.32 Å². The normalized spacial score (nSPS) is 12.4. The van der Waals surface area contributed by atoms with Gasteiger partial charge >= 0.3 is 0 Å². The molecule has 0 aliphatic heterocycles. The van der Waals surface area contributed by atoms with Crippen molar-refractivity contribution in [3.05, 3.63) is 53.6 Å². The Balaban J connectivity index is 1.80. The maximum absolute atomic E-state index is 12.2. The van der Waals surface area contributed by atoms with Crippen molar-refractivity contribution >= 4 is 5.91 Å². The molecule has 1 amide bonds. The van der Waals surface area contributed by atoms with E-state index in [9.17, 15) is 15.0 Å². The number of rotatable bonds is 7. The van der Waals surface area contributed by atoms with Crippen LogP contribution in [-0.4, -0.2) is 34.3 Å². The average molecular weight is 372 g/mol. The predicted molar refractivity (Wildman–Crippen MR) is 105 cm³/mol. The Morgan fingerprint density at radius 3 is 2.30 bits per heavy atom. The van der Waals surface area contributed by atoms with Crippen LogP contribution in [-0.2, 0) is 17.6 Å². The van der Waals surface area contributed by atoms with Crippen molar-refractivity contribution in [2.45, 2.75) is 45.3 Å². The summed E-state index contributed by atoms with van der Waals surface area (Å²) in [6, 6.07) is 11.5. The monoisotopic (exact) mass is 372 g/mol. The second kappa shape index (κ2) is 8.77. The lowest BCUT2D eigenvalue weighted by atomic mass is 10.1. The van der Waals surface area contributed by atoms with Crippen LogP contribution in [0.1, 0.15) is 31.9 Å². The molecule has 0 saturated carbocycles. The lowest BCUT2D eigenvalue weighted by molar-refractivity contribution is -0.122. The highest BCUT2D eigenvalue weighted by Gasteiger charge is 2.15. The molecule has 2 rings (SSSR count). The molecule has 0 heterocycles. The molecule has 0 fully saturated rings. The zero-order valence-corrected chi connectivity index (χ0v) is 16.0. The Morgan fingerprint density at radius 1 is 1.07 bits per heavy atom. The number of nitrogens with one attached hydrogen (secondary N) is 1. The van der Waals surface area contributed by atoms with Crippen molar-refractivity contribution in [3.63, 3.8) is 0 Å². The third-order valence-electron chi connectivity index (χ3n) is 3.89. The number of amides is 1. The molecular weight excluding hydrogens is 344 g/mol. The van der Waals surface area contributed by atoms with Gasteiger partial charge in [-0.2, -0.15) is 0 Å². The Labute approximate surface area is 160 Å². The van der Waals surface area contributed by atoms with E-state index in [1.165, 1.54) is 12.1 Å². The van der Waals surface area contributed by atoms with Crippen LogP contribution < -0.4 is 15.8 Å². The lowest BCUT2D eigenvalue weighted by Gasteiger charge is -2.21. The first kappa shape index (κ1) is 20.6. The van der Waals surface area contributed by atoms with Crippen LogP contribution in [0.25, 0.3) is 0 Å². The molecule has 0 radical (unpaired) electrons. The predicted octanol–water partition coefficient (Wildman–Crippen LogP) is 2.50. The molecule has 146 valence electrons. The van der Waals surface area contributed by atoms with Gasteiger partial charge in [0.1, 0.15) is 11.4 Å². The average Bonchev–Trinajstić information content (AvgIpc) is 2.58. The van der Waals surface area contributed by atoms with Crippen LogP contribution in [0.3, 0.4) is 0 Å². The number of ether oxygens (including phenoxy) is 1. The first-order valence-corrected chi connectivity index (χ1v) is 8.96. The molecule has 0 aliphatic carbocycles. The van der Waals surface area contributed by atoms with Crippen LogP contribution in [0.15, 0.2) is 42.5 Å². The molecular formula is C21H28N2O4. The molecule has 0 aliphatic rings. The Bertz CT molecular complexity index is 767. The van der Waals surface area contributed by atoms with Crippen LogP contribution in [0.5, 0.6) is 17.2 Å². The van der Waals surface area contributed by atoms with Crippen molar-refractivity contribution in [2.75, 3.05) is 6.54 Å². The fourth-order valence-corrected chi connectivity index (χ4v) is 2.58. The van der Waals surface area contributed by atoms with Gasteiger partial charge in [0, 0.05) is 6.54 Å². The minimum Gasteiger partial charge on any atom is -0.504 e. The molecule has 0 saturated heterocycles. The van der Waals surface area contributed by atoms with Crippen LogP contribution in [0, 0.1) is 0 Å². The molecule has 0 aromatic heterocycles. The Hall–Kier alpha value is -2.73. The highest BCUT2D eigenvalue weighted by Crippen LogP contribution is 2.24. The minimum atomic E-state index is -0.646. The SMILES string of the molecule is CC(C)(C)Oc1ccc(C[C@H](N)C(=O)NCCc2ccc(O)c(O)c2)cc1. The van der Waals surface area contributed by atoms with E-state index in [0.717, 1.165) is 16.9 Å². The summed E-state index contributed by atoms with van der Waals surface area (Å²) < 4.78 is 5.78. The maximum atomic E-state index is 12.2. The first-order valence-electron chi connectivity index (χ1n) is 8.96. The van der Waals surface area contributed by atoms with Crippen molar-refractivity contribution in [1.29, 1.82) is 0 Å². The fourth-order valence-electron chi connectivity index (χ4n) is 2.58. The zero-order chi connectivity index (χ0) is 20.0. The summed E-state index contributed by atoms with van der Waals surface area (Å²) in [6.45, 7) is 6.36. The molecule has 5 N–H and O–H groups in total. The smallest absolute Gasteiger partial charge is 0.237 e. The first-order chi connectivity index (χ1) is 12.6. The van der Waals surface area contributed by atoms with E-state index >= 15 is 0 Å². The van der Waals surface area contributed by atoms with E-state index in [0.29, 0.717) is 19.4 Å². The number of carbonyl (C=O) groups excluding carboxylic acids is 1. The van der Waals surface area contributed by atoms with E-state index in [1.807, 2.05) is 45.0 Å². The lowest BCUT2D eigenvalue weighted by Crippen LogP contribution is -2.42. The van der Waals surface area contributed by atoms with E-state index in [-0.39, 0.29) is 23.0 Å². The fraction of sp³-hybridized carbons (Fsp3) is 0.381. The van der Waals surface area contributed by atoms with Gasteiger partial charge in [-0.25, -0.2) is 0 Å². The van der Waals surface area contributed by atoms with Crippen LogP contribution in [0.4, 0.5) is 0 Å². The highest BCUT2D eigenvalue weighted by molar-refractivity contribution is 5.81. The van der Waals surface area contributed by atoms with Gasteiger partial charge in [0.2, 0.25) is 5.91 Å². The minimum absolute atomic E-state index is 0.163. The Kier molecular flexibility index (Phi) is 6.69. The number of aromatic hydroxyl groups is 2. The van der Waals surface area contributed by atoms with Gasteiger partial charge in [-0.05, 0) is 69.0 Å². The molecule has 6 nitrogen and oxygen atoms in total. The number of hydrogen-bond donors (Lipinski definition) is 4. The van der Waals surface area contributed by atoms with Crippen molar-refractivity contribution in [3.8, 4) is 17.2 Å². The molecule has 2 aromatic rings. The second-order valence-corrected chi connectivity index (χ2v) is 7.53.